The summed E-state index contributed by atoms with van der Waals surface area (Å²) in [4.78, 5) is 23.9. The van der Waals surface area contributed by atoms with E-state index in [0.29, 0.717) is 17.1 Å². The lowest BCUT2D eigenvalue weighted by atomic mass is 10.2. The summed E-state index contributed by atoms with van der Waals surface area (Å²) in [6, 6.07) is 12.9. The summed E-state index contributed by atoms with van der Waals surface area (Å²) in [5.74, 6) is -0.0532. The molecule has 0 bridgehead atoms. The van der Waals surface area contributed by atoms with Crippen LogP contribution in [0.1, 0.15) is 18.9 Å². The highest BCUT2D eigenvalue weighted by Gasteiger charge is 2.08. The molecular weight excluding hydrogens is 478 g/mol. The second-order valence-electron chi connectivity index (χ2n) is 5.84. The average molecular weight is 497 g/mol. The van der Waals surface area contributed by atoms with Gasteiger partial charge in [0.15, 0.2) is 6.61 Å². The summed E-state index contributed by atoms with van der Waals surface area (Å²) in [6.45, 7) is 3.45. The summed E-state index contributed by atoms with van der Waals surface area (Å²) in [7, 11) is 0. The summed E-state index contributed by atoms with van der Waals surface area (Å²) in [5, 5.41) is 6.69. The average Bonchev–Trinajstić information content (AvgIpc) is 2.59. The van der Waals surface area contributed by atoms with Crippen LogP contribution in [0.3, 0.4) is 0 Å². The molecule has 0 fully saturated rings. The van der Waals surface area contributed by atoms with Gasteiger partial charge in [-0.2, -0.15) is 5.10 Å². The van der Waals surface area contributed by atoms with Crippen LogP contribution in [-0.4, -0.2) is 24.1 Å². The van der Waals surface area contributed by atoms with Gasteiger partial charge in [-0.1, -0.05) is 28.1 Å². The minimum absolute atomic E-state index is 0.0666. The molecule has 8 heteroatoms. The van der Waals surface area contributed by atoms with Gasteiger partial charge in [-0.05, 0) is 65.7 Å². The fraction of sp³-hybridized carbons (Fsp3) is 0.211. The van der Waals surface area contributed by atoms with Crippen LogP contribution in [-0.2, 0) is 9.59 Å². The highest BCUT2D eigenvalue weighted by atomic mass is 79.9. The van der Waals surface area contributed by atoms with E-state index in [2.05, 4.69) is 47.7 Å². The number of aryl methyl sites for hydroxylation is 1. The first-order valence-electron chi connectivity index (χ1n) is 8.10. The van der Waals surface area contributed by atoms with E-state index in [-0.39, 0.29) is 18.9 Å². The number of hydrazone groups is 1. The van der Waals surface area contributed by atoms with Gasteiger partial charge in [-0.3, -0.25) is 9.59 Å². The van der Waals surface area contributed by atoms with E-state index in [1.165, 1.54) is 0 Å². The number of hydrogen-bond acceptors (Lipinski definition) is 4. The Balaban J connectivity index is 1.78. The largest absolute Gasteiger partial charge is 0.483 e. The Bertz CT molecular complexity index is 869. The minimum Gasteiger partial charge on any atom is -0.483 e. The van der Waals surface area contributed by atoms with Gasteiger partial charge in [0.25, 0.3) is 5.91 Å². The molecule has 2 aromatic rings. The normalized spacial score (nSPS) is 11.0. The maximum Gasteiger partial charge on any atom is 0.277 e. The summed E-state index contributed by atoms with van der Waals surface area (Å²) in [5.41, 5.74) is 4.63. The molecule has 0 aromatic heterocycles. The SMILES string of the molecule is C/C(CC(=O)Nc1cccc(Br)c1)=N\NC(=O)COc1ccc(C)cc1Br. The third-order valence-electron chi connectivity index (χ3n) is 3.34. The lowest BCUT2D eigenvalue weighted by molar-refractivity contribution is -0.123. The third kappa shape index (κ3) is 7.52. The highest BCUT2D eigenvalue weighted by molar-refractivity contribution is 9.10. The number of amides is 2. The predicted molar refractivity (Wildman–Crippen MR) is 113 cm³/mol. The Kier molecular flexibility index (Phi) is 7.99. The van der Waals surface area contributed by atoms with Crippen LogP contribution in [0.25, 0.3) is 0 Å². The lowest BCUT2D eigenvalue weighted by Crippen LogP contribution is -2.26. The van der Waals surface area contributed by atoms with E-state index < -0.39 is 5.91 Å². The van der Waals surface area contributed by atoms with Crippen molar-refractivity contribution in [3.05, 3.63) is 57.0 Å². The van der Waals surface area contributed by atoms with Crippen molar-refractivity contribution in [2.45, 2.75) is 20.3 Å². The molecule has 0 saturated carbocycles. The maximum atomic E-state index is 12.0. The van der Waals surface area contributed by atoms with Crippen molar-refractivity contribution in [2.75, 3.05) is 11.9 Å². The van der Waals surface area contributed by atoms with E-state index >= 15 is 0 Å². The van der Waals surface area contributed by atoms with Gasteiger partial charge in [0.1, 0.15) is 5.75 Å². The van der Waals surface area contributed by atoms with E-state index in [9.17, 15) is 9.59 Å². The number of benzene rings is 2. The monoisotopic (exact) mass is 495 g/mol. The molecule has 0 saturated heterocycles. The number of hydrogen-bond donors (Lipinski definition) is 2. The molecule has 0 unspecified atom stereocenters. The summed E-state index contributed by atoms with van der Waals surface area (Å²) in [6.07, 6.45) is 0.0666. The fourth-order valence-corrected chi connectivity index (χ4v) is 3.11. The number of nitrogens with zero attached hydrogens (tertiary/aromatic N) is 1. The minimum atomic E-state index is -0.408. The first-order valence-corrected chi connectivity index (χ1v) is 9.68. The van der Waals surface area contributed by atoms with E-state index in [0.717, 1.165) is 14.5 Å². The Morgan fingerprint density at radius 2 is 1.89 bits per heavy atom. The zero-order chi connectivity index (χ0) is 19.8. The molecule has 2 rings (SSSR count). The third-order valence-corrected chi connectivity index (χ3v) is 4.46. The van der Waals surface area contributed by atoms with Crippen molar-refractivity contribution in [3.8, 4) is 5.75 Å². The molecule has 0 aliphatic rings. The number of carbonyl (C=O) groups excluding carboxylic acids is 2. The molecule has 6 nitrogen and oxygen atoms in total. The zero-order valence-electron chi connectivity index (χ0n) is 14.9. The van der Waals surface area contributed by atoms with Gasteiger partial charge in [-0.15, -0.1) is 0 Å². The Morgan fingerprint density at radius 3 is 2.59 bits per heavy atom. The quantitative estimate of drug-likeness (QED) is 0.439. The predicted octanol–water partition coefficient (Wildman–Crippen LogP) is 4.42. The van der Waals surface area contributed by atoms with Crippen molar-refractivity contribution >= 4 is 55.1 Å². The maximum absolute atomic E-state index is 12.0. The van der Waals surface area contributed by atoms with Crippen molar-refractivity contribution in [1.29, 1.82) is 0 Å². The second kappa shape index (κ2) is 10.2. The van der Waals surface area contributed by atoms with Crippen molar-refractivity contribution in [2.24, 2.45) is 5.10 Å². The number of rotatable bonds is 7. The Labute approximate surface area is 174 Å². The molecule has 0 aliphatic heterocycles. The van der Waals surface area contributed by atoms with Crippen molar-refractivity contribution in [3.63, 3.8) is 0 Å². The molecule has 0 radical (unpaired) electrons. The first-order chi connectivity index (χ1) is 12.8. The Morgan fingerprint density at radius 1 is 1.11 bits per heavy atom. The van der Waals surface area contributed by atoms with Gasteiger partial charge in [0.05, 0.1) is 10.9 Å². The van der Waals surface area contributed by atoms with Gasteiger partial charge in [-0.25, -0.2) is 5.43 Å². The van der Waals surface area contributed by atoms with Gasteiger partial charge in [0, 0.05) is 15.9 Å². The van der Waals surface area contributed by atoms with Crippen LogP contribution in [0.15, 0.2) is 56.5 Å². The molecule has 0 heterocycles. The molecule has 2 amide bonds. The van der Waals surface area contributed by atoms with Gasteiger partial charge in [0.2, 0.25) is 5.91 Å². The molecule has 27 heavy (non-hydrogen) atoms. The van der Waals surface area contributed by atoms with Crippen LogP contribution in [0.2, 0.25) is 0 Å². The molecule has 2 aromatic carbocycles. The van der Waals surface area contributed by atoms with E-state index in [1.54, 1.807) is 25.1 Å². The smallest absolute Gasteiger partial charge is 0.277 e. The molecule has 0 aliphatic carbocycles. The number of carbonyl (C=O) groups is 2. The van der Waals surface area contributed by atoms with Crippen molar-refractivity contribution < 1.29 is 14.3 Å². The zero-order valence-corrected chi connectivity index (χ0v) is 18.1. The number of halogens is 2. The van der Waals surface area contributed by atoms with Crippen LogP contribution in [0.4, 0.5) is 5.69 Å². The Hall–Kier alpha value is -2.19. The number of ether oxygens (including phenoxy) is 1. The summed E-state index contributed by atoms with van der Waals surface area (Å²) < 4.78 is 7.10. The van der Waals surface area contributed by atoms with Crippen LogP contribution in [0.5, 0.6) is 5.75 Å². The molecule has 0 spiro atoms. The topological polar surface area (TPSA) is 79.8 Å². The second-order valence-corrected chi connectivity index (χ2v) is 7.61. The standard InChI is InChI=1S/C19H19Br2N3O3/c1-12-6-7-17(16(21)8-12)27-11-19(26)24-23-13(2)9-18(25)22-15-5-3-4-14(20)10-15/h3-8,10H,9,11H2,1-2H3,(H,22,25)(H,24,26)/b23-13+. The van der Waals surface area contributed by atoms with Gasteiger partial charge >= 0.3 is 0 Å². The molecule has 142 valence electrons. The van der Waals surface area contributed by atoms with E-state index in [4.69, 9.17) is 4.74 Å². The van der Waals surface area contributed by atoms with Crippen molar-refractivity contribution in [1.82, 2.24) is 5.43 Å². The molecule has 2 N–H and O–H groups in total. The first kappa shape index (κ1) is 21.1. The molecular formula is C19H19Br2N3O3. The molecule has 0 atom stereocenters. The van der Waals surface area contributed by atoms with Gasteiger partial charge < -0.3 is 10.1 Å². The fourth-order valence-electron chi connectivity index (χ4n) is 2.10. The van der Waals surface area contributed by atoms with E-state index in [1.807, 2.05) is 31.2 Å². The number of anilines is 1. The number of nitrogens with one attached hydrogen (secondary N) is 2. The highest BCUT2D eigenvalue weighted by Crippen LogP contribution is 2.25. The van der Waals surface area contributed by atoms with Crippen LogP contribution in [0, 0.1) is 6.92 Å². The van der Waals surface area contributed by atoms with Crippen LogP contribution < -0.4 is 15.5 Å². The lowest BCUT2D eigenvalue weighted by Gasteiger charge is -2.08. The van der Waals surface area contributed by atoms with Crippen LogP contribution >= 0.6 is 31.9 Å². The summed E-state index contributed by atoms with van der Waals surface area (Å²) >= 11 is 6.73.